The van der Waals surface area contributed by atoms with Crippen LogP contribution in [0.2, 0.25) is 59.4 Å². The van der Waals surface area contributed by atoms with E-state index in [1.54, 1.807) is 66.6 Å². The summed E-state index contributed by atoms with van der Waals surface area (Å²) in [5.41, 5.74) is 0. The van der Waals surface area contributed by atoms with Crippen molar-refractivity contribution in [2.24, 2.45) is 0 Å². The van der Waals surface area contributed by atoms with Crippen molar-refractivity contribution in [2.75, 3.05) is 0 Å². The van der Waals surface area contributed by atoms with Gasteiger partial charge in [0.15, 0.2) is 11.6 Å². The molecule has 0 amide bonds. The molecule has 0 radical (unpaired) electrons. The van der Waals surface area contributed by atoms with Crippen LogP contribution in [0.3, 0.4) is 0 Å². The molecule has 0 bridgehead atoms. The number of rotatable bonds is 2. The van der Waals surface area contributed by atoms with Crippen molar-refractivity contribution in [2.45, 2.75) is 39.3 Å². The zero-order valence-electron chi connectivity index (χ0n) is 17.5. The molecule has 0 N–H and O–H groups in total. The Labute approximate surface area is 252 Å². The van der Waals surface area contributed by atoms with Crippen LogP contribution in [0.5, 0.6) is 0 Å². The SMILES string of the molecule is C[Si](C)(C)c1c(F)c(Cl)c([Si](C)(C)C)c(F)c1Cl.ClI.Fc1c(Cl)c(I)c(F)c(Cl)c1I. The Kier molecular flexibility index (Phi) is 14.6. The van der Waals surface area contributed by atoms with Crippen molar-refractivity contribution in [1.29, 1.82) is 0 Å². The Bertz CT molecular complexity index is 818. The Morgan fingerprint density at radius 3 is 0.906 bits per heavy atom. The molecule has 0 saturated carbocycles. The maximum atomic E-state index is 14.4. The van der Waals surface area contributed by atoms with Crippen LogP contribution in [0.1, 0.15) is 0 Å². The average Bonchev–Trinajstić information content (AvgIpc) is 2.68. The van der Waals surface area contributed by atoms with Gasteiger partial charge in [0.05, 0.1) is 43.4 Å². The van der Waals surface area contributed by atoms with Gasteiger partial charge in [-0.15, -0.1) is 0 Å². The van der Waals surface area contributed by atoms with Crippen molar-refractivity contribution >= 4 is 148 Å². The van der Waals surface area contributed by atoms with E-state index in [2.05, 4.69) is 8.91 Å². The molecule has 14 heteroatoms. The van der Waals surface area contributed by atoms with E-state index in [0.717, 1.165) is 0 Å². The largest absolute Gasteiger partial charge is 0.205 e. The van der Waals surface area contributed by atoms with Crippen LogP contribution in [0, 0.1) is 30.4 Å². The first kappa shape index (κ1) is 34.2. The molecule has 182 valence electrons. The van der Waals surface area contributed by atoms with E-state index in [-0.39, 0.29) is 37.6 Å². The van der Waals surface area contributed by atoms with E-state index in [1.807, 2.05) is 39.3 Å². The fourth-order valence-electron chi connectivity index (χ4n) is 2.53. The molecule has 0 nitrogen and oxygen atoms in total. The van der Waals surface area contributed by atoms with E-state index in [0.29, 0.717) is 0 Å². The lowest BCUT2D eigenvalue weighted by Crippen LogP contribution is -2.48. The topological polar surface area (TPSA) is 0 Å². The summed E-state index contributed by atoms with van der Waals surface area (Å²) < 4.78 is 54.9. The second-order valence-electron chi connectivity index (χ2n) is 8.39. The van der Waals surface area contributed by atoms with Gasteiger partial charge in [-0.1, -0.05) is 85.7 Å². The molecule has 0 unspecified atom stereocenters. The Morgan fingerprint density at radius 1 is 0.500 bits per heavy atom. The predicted molar refractivity (Wildman–Crippen MR) is 164 cm³/mol. The van der Waals surface area contributed by atoms with Gasteiger partial charge in [0.2, 0.25) is 0 Å². The van der Waals surface area contributed by atoms with Gasteiger partial charge in [0.25, 0.3) is 0 Å². The van der Waals surface area contributed by atoms with Crippen molar-refractivity contribution < 1.29 is 17.6 Å². The van der Waals surface area contributed by atoms with E-state index in [4.69, 9.17) is 46.4 Å². The summed E-state index contributed by atoms with van der Waals surface area (Å²) in [6, 6.07) is 0. The molecular weight excluding hydrogens is 906 g/mol. The molecular formula is C18H18Cl5F4I3Si2. The summed E-state index contributed by atoms with van der Waals surface area (Å²) >= 11 is 27.9. The summed E-state index contributed by atoms with van der Waals surface area (Å²) in [7, 11) is 0.442. The van der Waals surface area contributed by atoms with Crippen molar-refractivity contribution in [3.63, 3.8) is 0 Å². The molecule has 2 rings (SSSR count). The summed E-state index contributed by atoms with van der Waals surface area (Å²) in [4.78, 5) is 0. The third-order valence-corrected chi connectivity index (χ3v) is 12.3. The van der Waals surface area contributed by atoms with Crippen LogP contribution in [-0.2, 0) is 0 Å². The first-order valence-electron chi connectivity index (χ1n) is 8.53. The molecule has 0 aliphatic carbocycles. The van der Waals surface area contributed by atoms with Crippen LogP contribution in [0.15, 0.2) is 0 Å². The van der Waals surface area contributed by atoms with Crippen molar-refractivity contribution in [1.82, 2.24) is 0 Å². The highest BCUT2D eigenvalue weighted by Crippen LogP contribution is 2.34. The first-order valence-corrected chi connectivity index (χ1v) is 21.9. The molecule has 0 fully saturated rings. The molecule has 0 atom stereocenters. The summed E-state index contributed by atoms with van der Waals surface area (Å²) in [6.45, 7) is 11.5. The van der Waals surface area contributed by atoms with E-state index in [9.17, 15) is 17.6 Å². The van der Waals surface area contributed by atoms with Gasteiger partial charge >= 0.3 is 0 Å². The third-order valence-electron chi connectivity index (χ3n) is 3.92. The number of halogens is 12. The number of hydrogen-bond donors (Lipinski definition) is 0. The van der Waals surface area contributed by atoms with Gasteiger partial charge in [-0.25, -0.2) is 17.6 Å². The molecule has 32 heavy (non-hydrogen) atoms. The Morgan fingerprint density at radius 2 is 0.719 bits per heavy atom. The standard InChI is InChI=1S/C12H18Cl2F2Si2.C6Cl2F2I2.ClI/c1-17(2,3)11-7(13)10(16)12(18(4,5)6)8(14)9(11)15;7-1-3(9)6(12)2(8)4(10)5(1)11;1-2/h1-6H3;;. The summed E-state index contributed by atoms with van der Waals surface area (Å²) in [6.07, 6.45) is 0. The predicted octanol–water partition coefficient (Wildman–Crippen LogP) is 10.4. The lowest BCUT2D eigenvalue weighted by molar-refractivity contribution is 0.588. The molecule has 2 aromatic carbocycles. The van der Waals surface area contributed by atoms with Crippen LogP contribution >= 0.6 is 122 Å². The smallest absolute Gasteiger partial charge is 0.157 e. The maximum absolute atomic E-state index is 14.4. The van der Waals surface area contributed by atoms with Crippen molar-refractivity contribution in [3.05, 3.63) is 50.5 Å². The third kappa shape index (κ3) is 8.12. The van der Waals surface area contributed by atoms with Gasteiger partial charge in [0, 0.05) is 21.5 Å². The monoisotopic (exact) mass is 922 g/mol. The fraction of sp³-hybridized carbons (Fsp3) is 0.333. The highest BCUT2D eigenvalue weighted by Gasteiger charge is 2.34. The second kappa shape index (κ2) is 13.7. The first-order chi connectivity index (χ1) is 14.4. The van der Waals surface area contributed by atoms with E-state index < -0.39 is 39.4 Å². The second-order valence-corrected chi connectivity index (χ2v) is 22.1. The van der Waals surface area contributed by atoms with Gasteiger partial charge in [-0.2, -0.15) is 0 Å². The van der Waals surface area contributed by atoms with Gasteiger partial charge in [-0.3, -0.25) is 0 Å². The normalized spacial score (nSPS) is 11.4. The minimum atomic E-state index is -2.08. The zero-order chi connectivity index (χ0) is 25.9. The van der Waals surface area contributed by atoms with E-state index in [1.165, 1.54) is 0 Å². The summed E-state index contributed by atoms with van der Waals surface area (Å²) in [5.74, 6) is -2.40. The molecule has 0 aliphatic rings. The minimum Gasteiger partial charge on any atom is -0.205 e. The zero-order valence-corrected chi connectivity index (χ0v) is 29.8. The number of hydrogen-bond acceptors (Lipinski definition) is 0. The molecule has 0 spiro atoms. The molecule has 0 heterocycles. The van der Waals surface area contributed by atoms with Crippen LogP contribution in [0.4, 0.5) is 17.6 Å². The molecule has 0 aromatic heterocycles. The minimum absolute atomic E-state index is 0.0113. The molecule has 0 aliphatic heterocycles. The highest BCUT2D eigenvalue weighted by molar-refractivity contribution is 14.1. The maximum Gasteiger partial charge on any atom is 0.157 e. The summed E-state index contributed by atoms with van der Waals surface area (Å²) in [5, 5.41) is -0.0203. The quantitative estimate of drug-likeness (QED) is 0.0926. The average molecular weight is 924 g/mol. The molecule has 0 saturated heterocycles. The lowest BCUT2D eigenvalue weighted by atomic mass is 10.3. The fourth-order valence-corrected chi connectivity index (χ4v) is 9.53. The van der Waals surface area contributed by atoms with Crippen LogP contribution in [-0.4, -0.2) is 16.1 Å². The molecule has 2 aromatic rings. The van der Waals surface area contributed by atoms with Crippen LogP contribution in [0.25, 0.3) is 0 Å². The van der Waals surface area contributed by atoms with E-state index >= 15 is 0 Å². The van der Waals surface area contributed by atoms with Crippen molar-refractivity contribution in [3.8, 4) is 0 Å². The number of benzene rings is 2. The lowest BCUT2D eigenvalue weighted by Gasteiger charge is -2.26. The van der Waals surface area contributed by atoms with Gasteiger partial charge < -0.3 is 0 Å². The Balaban J connectivity index is 0.000000595. The van der Waals surface area contributed by atoms with Crippen LogP contribution < -0.4 is 10.4 Å². The van der Waals surface area contributed by atoms with Gasteiger partial charge in [0.1, 0.15) is 11.6 Å². The Hall–Kier alpha value is 2.23. The van der Waals surface area contributed by atoms with Gasteiger partial charge in [-0.05, 0) is 64.5 Å². The highest BCUT2D eigenvalue weighted by atomic mass is 127.